The number of likely N-dealkylation sites (tertiary alicyclic amines) is 1. The van der Waals surface area contributed by atoms with Crippen LogP contribution in [0.2, 0.25) is 5.02 Å². The standard InChI is InChI=1S/C32H36ClF2N5O7/c1-45-18-25-26(28(41)46-2)27(19-6-8-22(34)23(35)16-19)40(30(43)37-25)29(42)36-12-4-3-5-13-39-14-10-32(11-15-39)21-17-20(33)7-9-24(21)38-31(44)47-32/h6-9,16-17,27H,3-5,10-15,18H2,1-2H3,(H,36,42)(H,37,43)(H,38,44). The molecule has 3 aliphatic rings. The molecule has 1 fully saturated rings. The fourth-order valence-electron chi connectivity index (χ4n) is 6.28. The fourth-order valence-corrected chi connectivity index (χ4v) is 6.45. The number of methoxy groups -OCH3 is 2. The molecule has 5 rings (SSSR count). The van der Waals surface area contributed by atoms with Gasteiger partial charge in [-0.3, -0.25) is 5.32 Å². The quantitative estimate of drug-likeness (QED) is 0.231. The van der Waals surface area contributed by atoms with E-state index >= 15 is 0 Å². The van der Waals surface area contributed by atoms with Crippen LogP contribution in [-0.2, 0) is 24.6 Å². The number of hydrogen-bond acceptors (Lipinski definition) is 8. The Kier molecular flexibility index (Phi) is 10.6. The SMILES string of the molecule is COCC1=C(C(=O)OC)C(c2ccc(F)c(F)c2)N(C(=O)NCCCCCN2CCC3(CC2)OC(=O)Nc2ccc(Cl)cc23)C(=O)N1. The molecule has 0 bridgehead atoms. The zero-order valence-electron chi connectivity index (χ0n) is 26.0. The normalized spacial score (nSPS) is 19.1. The van der Waals surface area contributed by atoms with Crippen LogP contribution in [0.5, 0.6) is 0 Å². The Bertz CT molecular complexity index is 1580. The van der Waals surface area contributed by atoms with E-state index in [1.54, 1.807) is 12.1 Å². The number of nitrogens with zero attached hydrogens (tertiary/aromatic N) is 2. The van der Waals surface area contributed by atoms with E-state index in [-0.39, 0.29) is 30.0 Å². The highest BCUT2D eigenvalue weighted by atomic mass is 35.5. The molecule has 252 valence electrons. The fraction of sp³-hybridized carbons (Fsp3) is 0.438. The molecule has 15 heteroatoms. The van der Waals surface area contributed by atoms with Crippen molar-refractivity contribution in [2.75, 3.05) is 52.3 Å². The van der Waals surface area contributed by atoms with Crippen molar-refractivity contribution in [2.45, 2.75) is 43.7 Å². The molecule has 1 unspecified atom stereocenters. The van der Waals surface area contributed by atoms with Crippen molar-refractivity contribution in [3.63, 3.8) is 0 Å². The molecule has 3 aliphatic heterocycles. The Morgan fingerprint density at radius 1 is 1.04 bits per heavy atom. The first-order valence-electron chi connectivity index (χ1n) is 15.2. The van der Waals surface area contributed by atoms with Crippen molar-refractivity contribution in [1.29, 1.82) is 0 Å². The monoisotopic (exact) mass is 675 g/mol. The molecule has 3 heterocycles. The number of rotatable bonds is 10. The highest BCUT2D eigenvalue weighted by Gasteiger charge is 2.45. The van der Waals surface area contributed by atoms with Crippen LogP contribution >= 0.6 is 11.6 Å². The van der Waals surface area contributed by atoms with Crippen molar-refractivity contribution in [1.82, 2.24) is 20.4 Å². The predicted molar refractivity (Wildman–Crippen MR) is 167 cm³/mol. The van der Waals surface area contributed by atoms with Crippen LogP contribution in [0.4, 0.5) is 28.9 Å². The summed E-state index contributed by atoms with van der Waals surface area (Å²) in [5.74, 6) is -3.21. The van der Waals surface area contributed by atoms with Gasteiger partial charge in [-0.15, -0.1) is 0 Å². The lowest BCUT2D eigenvalue weighted by atomic mass is 9.82. The van der Waals surface area contributed by atoms with E-state index in [4.69, 9.17) is 25.8 Å². The van der Waals surface area contributed by atoms with Crippen LogP contribution in [0, 0.1) is 11.6 Å². The van der Waals surface area contributed by atoms with Gasteiger partial charge in [-0.25, -0.2) is 32.9 Å². The van der Waals surface area contributed by atoms with Crippen molar-refractivity contribution < 1.29 is 42.2 Å². The minimum Gasteiger partial charge on any atom is -0.466 e. The number of hydrogen-bond donors (Lipinski definition) is 3. The van der Waals surface area contributed by atoms with Gasteiger partial charge in [0.2, 0.25) is 0 Å². The maximum atomic E-state index is 14.3. The molecule has 12 nitrogen and oxygen atoms in total. The summed E-state index contributed by atoms with van der Waals surface area (Å²) in [6, 6.07) is 5.15. The first kappa shape index (κ1) is 34.1. The van der Waals surface area contributed by atoms with Gasteiger partial charge in [0.1, 0.15) is 11.6 Å². The third-order valence-corrected chi connectivity index (χ3v) is 8.83. The van der Waals surface area contributed by atoms with Crippen LogP contribution in [0.15, 0.2) is 47.7 Å². The van der Waals surface area contributed by atoms with Gasteiger partial charge >= 0.3 is 24.1 Å². The number of carbonyl (C=O) groups is 4. The first-order valence-corrected chi connectivity index (χ1v) is 15.6. The highest BCUT2D eigenvalue weighted by molar-refractivity contribution is 6.30. The molecule has 0 radical (unpaired) electrons. The van der Waals surface area contributed by atoms with E-state index in [1.807, 2.05) is 6.07 Å². The van der Waals surface area contributed by atoms with Gasteiger partial charge in [0.05, 0.1) is 30.7 Å². The summed E-state index contributed by atoms with van der Waals surface area (Å²) in [6.45, 7) is 2.28. The minimum absolute atomic E-state index is 0.00273. The minimum atomic E-state index is -1.40. The number of urea groups is 2. The number of carbonyl (C=O) groups excluding carboxylic acids is 4. The lowest BCUT2D eigenvalue weighted by molar-refractivity contribution is -0.137. The number of amides is 5. The second kappa shape index (κ2) is 14.7. The Labute approximate surface area is 275 Å². The van der Waals surface area contributed by atoms with Gasteiger partial charge in [0.15, 0.2) is 11.6 Å². The molecule has 1 saturated heterocycles. The molecule has 3 N–H and O–H groups in total. The van der Waals surface area contributed by atoms with E-state index in [0.717, 1.165) is 62.2 Å². The summed E-state index contributed by atoms with van der Waals surface area (Å²) in [7, 11) is 2.48. The Balaban J connectivity index is 1.16. The number of fused-ring (bicyclic) bond motifs is 2. The van der Waals surface area contributed by atoms with Crippen molar-refractivity contribution in [3.05, 3.63) is 75.5 Å². The van der Waals surface area contributed by atoms with Crippen LogP contribution in [0.3, 0.4) is 0 Å². The molecule has 2 aromatic rings. The summed E-state index contributed by atoms with van der Waals surface area (Å²) >= 11 is 6.23. The molecule has 1 spiro atoms. The number of halogens is 3. The van der Waals surface area contributed by atoms with Gasteiger partial charge in [-0.05, 0) is 55.3 Å². The summed E-state index contributed by atoms with van der Waals surface area (Å²) in [6.07, 6.45) is 3.00. The van der Waals surface area contributed by atoms with Gasteiger partial charge in [0, 0.05) is 50.2 Å². The number of unbranched alkanes of at least 4 members (excludes halogenated alkanes) is 2. The van der Waals surface area contributed by atoms with E-state index in [2.05, 4.69) is 20.9 Å². The van der Waals surface area contributed by atoms with Crippen molar-refractivity contribution >= 4 is 41.4 Å². The zero-order chi connectivity index (χ0) is 33.7. The lowest BCUT2D eigenvalue weighted by Gasteiger charge is -2.44. The van der Waals surface area contributed by atoms with Crippen molar-refractivity contribution in [3.8, 4) is 0 Å². The maximum absolute atomic E-state index is 14.3. The Morgan fingerprint density at radius 2 is 1.81 bits per heavy atom. The topological polar surface area (TPSA) is 139 Å². The second-order valence-electron chi connectivity index (χ2n) is 11.5. The number of imide groups is 1. The second-order valence-corrected chi connectivity index (χ2v) is 12.0. The number of piperidine rings is 1. The van der Waals surface area contributed by atoms with Crippen LogP contribution in [-0.4, -0.2) is 80.9 Å². The third kappa shape index (κ3) is 7.34. The van der Waals surface area contributed by atoms with Gasteiger partial charge in [0.25, 0.3) is 0 Å². The number of anilines is 1. The average molecular weight is 676 g/mol. The first-order chi connectivity index (χ1) is 22.6. The van der Waals surface area contributed by atoms with Crippen LogP contribution in [0.25, 0.3) is 0 Å². The van der Waals surface area contributed by atoms with Gasteiger partial charge in [-0.2, -0.15) is 0 Å². The van der Waals surface area contributed by atoms with E-state index in [9.17, 15) is 28.0 Å². The summed E-state index contributed by atoms with van der Waals surface area (Å²) in [5.41, 5.74) is 0.777. The number of esters is 1. The largest absolute Gasteiger partial charge is 0.466 e. The maximum Gasteiger partial charge on any atom is 0.412 e. The smallest absolute Gasteiger partial charge is 0.412 e. The molecular formula is C32H36ClF2N5O7. The Hall–Kier alpha value is -4.27. The third-order valence-electron chi connectivity index (χ3n) is 8.59. The molecule has 47 heavy (non-hydrogen) atoms. The molecule has 0 aliphatic carbocycles. The van der Waals surface area contributed by atoms with E-state index < -0.39 is 47.4 Å². The molecule has 2 aromatic carbocycles. The summed E-state index contributed by atoms with van der Waals surface area (Å²) < 4.78 is 43.9. The van der Waals surface area contributed by atoms with Crippen LogP contribution < -0.4 is 16.0 Å². The van der Waals surface area contributed by atoms with Gasteiger partial charge < -0.3 is 29.7 Å². The summed E-state index contributed by atoms with van der Waals surface area (Å²) in [5, 5.41) is 8.51. The van der Waals surface area contributed by atoms with Gasteiger partial charge in [-0.1, -0.05) is 24.1 Å². The highest BCUT2D eigenvalue weighted by Crippen LogP contribution is 2.44. The number of ether oxygens (including phenoxy) is 3. The van der Waals surface area contributed by atoms with Crippen molar-refractivity contribution in [2.24, 2.45) is 0 Å². The molecule has 0 aromatic heterocycles. The predicted octanol–water partition coefficient (Wildman–Crippen LogP) is 5.19. The lowest BCUT2D eigenvalue weighted by Crippen LogP contribution is -2.55. The van der Waals surface area contributed by atoms with Crippen LogP contribution in [0.1, 0.15) is 49.3 Å². The number of nitrogens with one attached hydrogen (secondary N) is 3. The number of benzene rings is 2. The van der Waals surface area contributed by atoms with E-state index in [0.29, 0.717) is 30.0 Å². The Morgan fingerprint density at radius 3 is 2.51 bits per heavy atom. The average Bonchev–Trinajstić information content (AvgIpc) is 3.04. The molecule has 0 saturated carbocycles. The molecular weight excluding hydrogens is 640 g/mol. The van der Waals surface area contributed by atoms with E-state index in [1.165, 1.54) is 13.2 Å². The molecule has 5 amide bonds. The molecule has 1 atom stereocenters. The summed E-state index contributed by atoms with van der Waals surface area (Å²) in [4.78, 5) is 54.6. The zero-order valence-corrected chi connectivity index (χ0v) is 26.8.